The molecule has 0 spiro atoms. The summed E-state index contributed by atoms with van der Waals surface area (Å²) in [5.41, 5.74) is 1.00. The Morgan fingerprint density at radius 2 is 1.35 bits per heavy atom. The summed E-state index contributed by atoms with van der Waals surface area (Å²) in [7, 11) is 1.43. The summed E-state index contributed by atoms with van der Waals surface area (Å²) in [6, 6.07) is 0. The normalized spacial score (nSPS) is 13.8. The average Bonchev–Trinajstić information content (AvgIpc) is 2.46. The van der Waals surface area contributed by atoms with Crippen molar-refractivity contribution >= 4 is 5.97 Å². The number of ether oxygens (including phenoxy) is 1. The first-order chi connectivity index (χ1) is 10.8. The zero-order valence-corrected chi connectivity index (χ0v) is 16.3. The van der Waals surface area contributed by atoms with Gasteiger partial charge in [0, 0.05) is 0 Å². The number of carbonyl (C=O) groups excluding carboxylic acids is 1. The van der Waals surface area contributed by atoms with E-state index in [0.717, 1.165) is 36.2 Å². The Labute approximate surface area is 145 Å². The Morgan fingerprint density at radius 1 is 0.870 bits per heavy atom. The molecule has 0 bridgehead atoms. The second kappa shape index (κ2) is 13.6. The summed E-state index contributed by atoms with van der Waals surface area (Å²) in [6.45, 7) is 13.3. The van der Waals surface area contributed by atoms with E-state index in [-0.39, 0.29) is 5.97 Å². The second-order valence-electron chi connectivity index (χ2n) is 7.86. The van der Waals surface area contributed by atoms with Crippen LogP contribution in [0.2, 0.25) is 0 Å². The Balaban J connectivity index is 3.58. The van der Waals surface area contributed by atoms with Crippen molar-refractivity contribution < 1.29 is 9.53 Å². The van der Waals surface area contributed by atoms with Crippen LogP contribution in [0.25, 0.3) is 0 Å². The standard InChI is InChI=1S/C21H40O2/c1-17(2)10-7-11-18(3)12-8-13-19(4)14-9-15-20(5)16-21(22)23-6/h17-19H,5,7-16H2,1-4,6H3. The number of carbonyl (C=O) groups is 1. The van der Waals surface area contributed by atoms with Crippen LogP contribution in [-0.4, -0.2) is 13.1 Å². The SMILES string of the molecule is C=C(CCCC(C)CCCC(C)CCCC(C)C)CC(=O)OC. The van der Waals surface area contributed by atoms with Crippen LogP contribution >= 0.6 is 0 Å². The highest BCUT2D eigenvalue weighted by Crippen LogP contribution is 2.22. The molecular weight excluding hydrogens is 284 g/mol. The number of hydrogen-bond donors (Lipinski definition) is 0. The fraction of sp³-hybridized carbons (Fsp3) is 0.857. The van der Waals surface area contributed by atoms with Gasteiger partial charge in [0.2, 0.25) is 0 Å². The van der Waals surface area contributed by atoms with Crippen molar-refractivity contribution in [2.75, 3.05) is 7.11 Å². The van der Waals surface area contributed by atoms with Crippen molar-refractivity contribution in [2.45, 2.75) is 91.9 Å². The second-order valence-corrected chi connectivity index (χ2v) is 7.86. The third-order valence-corrected chi connectivity index (χ3v) is 4.72. The highest BCUT2D eigenvalue weighted by atomic mass is 16.5. The van der Waals surface area contributed by atoms with E-state index in [1.165, 1.54) is 52.1 Å². The van der Waals surface area contributed by atoms with Crippen molar-refractivity contribution in [1.82, 2.24) is 0 Å². The molecule has 2 unspecified atom stereocenters. The van der Waals surface area contributed by atoms with Gasteiger partial charge in [0.15, 0.2) is 0 Å². The lowest BCUT2D eigenvalue weighted by Crippen LogP contribution is -2.02. The van der Waals surface area contributed by atoms with Crippen LogP contribution in [0, 0.1) is 17.8 Å². The molecule has 0 radical (unpaired) electrons. The van der Waals surface area contributed by atoms with Gasteiger partial charge in [0.1, 0.15) is 0 Å². The van der Waals surface area contributed by atoms with Gasteiger partial charge in [-0.05, 0) is 30.6 Å². The van der Waals surface area contributed by atoms with Gasteiger partial charge in [-0.2, -0.15) is 0 Å². The molecule has 2 nitrogen and oxygen atoms in total. The topological polar surface area (TPSA) is 26.3 Å². The Hall–Kier alpha value is -0.790. The first-order valence-corrected chi connectivity index (χ1v) is 9.58. The van der Waals surface area contributed by atoms with Crippen molar-refractivity contribution in [1.29, 1.82) is 0 Å². The molecule has 136 valence electrons. The molecule has 0 aliphatic carbocycles. The van der Waals surface area contributed by atoms with E-state index < -0.39 is 0 Å². The largest absolute Gasteiger partial charge is 0.469 e. The quantitative estimate of drug-likeness (QED) is 0.268. The van der Waals surface area contributed by atoms with Crippen molar-refractivity contribution in [2.24, 2.45) is 17.8 Å². The number of methoxy groups -OCH3 is 1. The molecule has 0 heterocycles. The van der Waals surface area contributed by atoms with Crippen molar-refractivity contribution in [3.8, 4) is 0 Å². The molecule has 23 heavy (non-hydrogen) atoms. The van der Waals surface area contributed by atoms with Gasteiger partial charge < -0.3 is 4.74 Å². The fourth-order valence-corrected chi connectivity index (χ4v) is 3.04. The summed E-state index contributed by atoms with van der Waals surface area (Å²) in [4.78, 5) is 11.2. The van der Waals surface area contributed by atoms with E-state index in [0.29, 0.717) is 6.42 Å². The first kappa shape index (κ1) is 22.2. The molecule has 0 amide bonds. The Kier molecular flexibility index (Phi) is 13.2. The van der Waals surface area contributed by atoms with Gasteiger partial charge >= 0.3 is 5.97 Å². The van der Waals surface area contributed by atoms with E-state index in [9.17, 15) is 4.79 Å². The third-order valence-electron chi connectivity index (χ3n) is 4.72. The zero-order valence-electron chi connectivity index (χ0n) is 16.3. The van der Waals surface area contributed by atoms with Crippen LogP contribution in [0.4, 0.5) is 0 Å². The molecule has 0 saturated heterocycles. The minimum atomic E-state index is -0.172. The monoisotopic (exact) mass is 324 g/mol. The van der Waals surface area contributed by atoms with Crippen molar-refractivity contribution in [3.05, 3.63) is 12.2 Å². The molecular formula is C21H40O2. The van der Waals surface area contributed by atoms with Crippen LogP contribution in [0.15, 0.2) is 12.2 Å². The predicted molar refractivity (Wildman–Crippen MR) is 100 cm³/mol. The van der Waals surface area contributed by atoms with Crippen LogP contribution in [0.1, 0.15) is 91.9 Å². The summed E-state index contributed by atoms with van der Waals surface area (Å²) >= 11 is 0. The van der Waals surface area contributed by atoms with E-state index >= 15 is 0 Å². The molecule has 0 aliphatic rings. The lowest BCUT2D eigenvalue weighted by atomic mass is 9.91. The van der Waals surface area contributed by atoms with Crippen LogP contribution in [0.3, 0.4) is 0 Å². The molecule has 0 aromatic carbocycles. The van der Waals surface area contributed by atoms with Gasteiger partial charge in [0.25, 0.3) is 0 Å². The minimum Gasteiger partial charge on any atom is -0.469 e. The first-order valence-electron chi connectivity index (χ1n) is 9.58. The summed E-state index contributed by atoms with van der Waals surface area (Å²) in [5, 5.41) is 0. The fourth-order valence-electron chi connectivity index (χ4n) is 3.04. The third kappa shape index (κ3) is 14.5. The highest BCUT2D eigenvalue weighted by molar-refractivity contribution is 5.71. The Bertz CT molecular complexity index is 320. The summed E-state index contributed by atoms with van der Waals surface area (Å²) in [6.07, 6.45) is 11.9. The molecule has 2 heteroatoms. The molecule has 0 aliphatic heterocycles. The average molecular weight is 325 g/mol. The van der Waals surface area contributed by atoms with Gasteiger partial charge in [-0.3, -0.25) is 4.79 Å². The van der Waals surface area contributed by atoms with Crippen LogP contribution < -0.4 is 0 Å². The summed E-state index contributed by atoms with van der Waals surface area (Å²) in [5.74, 6) is 2.33. The van der Waals surface area contributed by atoms with Crippen LogP contribution in [0.5, 0.6) is 0 Å². The number of esters is 1. The molecule has 0 aromatic heterocycles. The molecule has 0 saturated carbocycles. The van der Waals surface area contributed by atoms with E-state index in [1.807, 2.05) is 0 Å². The lowest BCUT2D eigenvalue weighted by Gasteiger charge is -2.15. The van der Waals surface area contributed by atoms with Crippen molar-refractivity contribution in [3.63, 3.8) is 0 Å². The zero-order chi connectivity index (χ0) is 17.7. The van der Waals surface area contributed by atoms with Gasteiger partial charge in [-0.15, -0.1) is 0 Å². The van der Waals surface area contributed by atoms with Crippen LogP contribution in [-0.2, 0) is 9.53 Å². The predicted octanol–water partition coefficient (Wildman–Crippen LogP) is 6.54. The molecule has 0 N–H and O–H groups in total. The minimum absolute atomic E-state index is 0.172. The lowest BCUT2D eigenvalue weighted by molar-refractivity contribution is -0.139. The van der Waals surface area contributed by atoms with Gasteiger partial charge in [0.05, 0.1) is 13.5 Å². The van der Waals surface area contributed by atoms with E-state index in [1.54, 1.807) is 0 Å². The smallest absolute Gasteiger partial charge is 0.309 e. The highest BCUT2D eigenvalue weighted by Gasteiger charge is 2.08. The van der Waals surface area contributed by atoms with Gasteiger partial charge in [-0.1, -0.05) is 84.8 Å². The molecule has 2 atom stereocenters. The van der Waals surface area contributed by atoms with E-state index in [2.05, 4.69) is 39.0 Å². The summed E-state index contributed by atoms with van der Waals surface area (Å²) < 4.78 is 4.66. The molecule has 0 rings (SSSR count). The molecule has 0 aromatic rings. The van der Waals surface area contributed by atoms with Gasteiger partial charge in [-0.25, -0.2) is 0 Å². The number of hydrogen-bond acceptors (Lipinski definition) is 2. The number of rotatable bonds is 14. The van der Waals surface area contributed by atoms with E-state index in [4.69, 9.17) is 0 Å². The maximum atomic E-state index is 11.2. The Morgan fingerprint density at radius 3 is 1.83 bits per heavy atom. The maximum absolute atomic E-state index is 11.2. The maximum Gasteiger partial charge on any atom is 0.309 e. The molecule has 0 fully saturated rings.